The number of hydrogen-bond donors (Lipinski definition) is 1. The van der Waals surface area contributed by atoms with Crippen molar-refractivity contribution in [2.45, 2.75) is 6.54 Å². The molecule has 0 unspecified atom stereocenters. The SMILES string of the molecule is O=C(OCC(=O)N1CCOCC1)c1cc([N+](=O)[O-])ccc1NCc1ccccc1Cl. The van der Waals surface area contributed by atoms with Crippen LogP contribution >= 0.6 is 11.6 Å². The van der Waals surface area contributed by atoms with E-state index in [1.807, 2.05) is 12.1 Å². The number of hydrogen-bond acceptors (Lipinski definition) is 7. The number of carbonyl (C=O) groups excluding carboxylic acids is 2. The van der Waals surface area contributed by atoms with Crippen LogP contribution in [0.15, 0.2) is 42.5 Å². The number of benzene rings is 2. The lowest BCUT2D eigenvalue weighted by molar-refractivity contribution is -0.384. The Hall–Kier alpha value is -3.17. The third-order valence-corrected chi connectivity index (χ3v) is 4.92. The number of amides is 1. The molecule has 9 nitrogen and oxygen atoms in total. The van der Waals surface area contributed by atoms with Crippen LogP contribution < -0.4 is 5.32 Å². The number of carbonyl (C=O) groups is 2. The molecule has 3 rings (SSSR count). The molecular formula is C20H20ClN3O6. The van der Waals surface area contributed by atoms with Gasteiger partial charge in [-0.25, -0.2) is 4.79 Å². The first-order chi connectivity index (χ1) is 14.5. The fourth-order valence-corrected chi connectivity index (χ4v) is 3.11. The highest BCUT2D eigenvalue weighted by Gasteiger charge is 2.22. The number of rotatable bonds is 7. The number of non-ortho nitro benzene ring substituents is 1. The number of nitrogens with one attached hydrogen (secondary N) is 1. The van der Waals surface area contributed by atoms with Gasteiger partial charge in [-0.1, -0.05) is 29.8 Å². The third-order valence-electron chi connectivity index (χ3n) is 4.55. The number of ether oxygens (including phenoxy) is 2. The van der Waals surface area contributed by atoms with Gasteiger partial charge in [-0.3, -0.25) is 14.9 Å². The van der Waals surface area contributed by atoms with Crippen molar-refractivity contribution in [1.29, 1.82) is 0 Å². The van der Waals surface area contributed by atoms with E-state index in [9.17, 15) is 19.7 Å². The second-order valence-electron chi connectivity index (χ2n) is 6.50. The van der Waals surface area contributed by atoms with Crippen LogP contribution in [0.2, 0.25) is 5.02 Å². The second-order valence-corrected chi connectivity index (χ2v) is 6.91. The van der Waals surface area contributed by atoms with Gasteiger partial charge in [0.05, 0.1) is 23.7 Å². The van der Waals surface area contributed by atoms with E-state index in [2.05, 4.69) is 5.32 Å². The quantitative estimate of drug-likeness (QED) is 0.406. The minimum absolute atomic E-state index is 0.0361. The summed E-state index contributed by atoms with van der Waals surface area (Å²) in [6.45, 7) is 1.56. The van der Waals surface area contributed by atoms with Crippen LogP contribution in [-0.4, -0.2) is 54.6 Å². The van der Waals surface area contributed by atoms with Gasteiger partial charge < -0.3 is 19.7 Å². The Labute approximate surface area is 177 Å². The first kappa shape index (κ1) is 21.5. The molecule has 2 aromatic carbocycles. The lowest BCUT2D eigenvalue weighted by atomic mass is 10.1. The van der Waals surface area contributed by atoms with Crippen molar-refractivity contribution in [2.75, 3.05) is 38.2 Å². The minimum atomic E-state index is -0.832. The largest absolute Gasteiger partial charge is 0.452 e. The molecule has 1 aliphatic rings. The van der Waals surface area contributed by atoms with E-state index in [1.54, 1.807) is 17.0 Å². The van der Waals surface area contributed by atoms with Gasteiger partial charge in [0.1, 0.15) is 0 Å². The number of esters is 1. The molecule has 1 aliphatic heterocycles. The maximum atomic E-state index is 12.6. The third kappa shape index (κ3) is 5.46. The van der Waals surface area contributed by atoms with Crippen molar-refractivity contribution in [3.05, 3.63) is 68.7 Å². The highest BCUT2D eigenvalue weighted by atomic mass is 35.5. The molecule has 0 atom stereocenters. The zero-order valence-electron chi connectivity index (χ0n) is 16.0. The Balaban J connectivity index is 1.72. The van der Waals surface area contributed by atoms with Crippen LogP contribution in [0.4, 0.5) is 11.4 Å². The van der Waals surface area contributed by atoms with Crippen molar-refractivity contribution in [2.24, 2.45) is 0 Å². The van der Waals surface area contributed by atoms with Crippen molar-refractivity contribution in [1.82, 2.24) is 4.90 Å². The smallest absolute Gasteiger partial charge is 0.341 e. The van der Waals surface area contributed by atoms with Crippen molar-refractivity contribution in [3.63, 3.8) is 0 Å². The van der Waals surface area contributed by atoms with Crippen LogP contribution in [0.5, 0.6) is 0 Å². The summed E-state index contributed by atoms with van der Waals surface area (Å²) < 4.78 is 10.3. The highest BCUT2D eigenvalue weighted by molar-refractivity contribution is 6.31. The first-order valence-corrected chi connectivity index (χ1v) is 9.62. The fourth-order valence-electron chi connectivity index (χ4n) is 2.91. The normalized spacial score (nSPS) is 13.6. The molecule has 0 radical (unpaired) electrons. The molecular weight excluding hydrogens is 414 g/mol. The van der Waals surface area contributed by atoms with Crippen molar-refractivity contribution >= 4 is 34.9 Å². The second kappa shape index (κ2) is 10.0. The zero-order valence-corrected chi connectivity index (χ0v) is 16.8. The Morgan fingerprint density at radius 1 is 1.20 bits per heavy atom. The maximum Gasteiger partial charge on any atom is 0.341 e. The van der Waals surface area contributed by atoms with E-state index in [4.69, 9.17) is 21.1 Å². The molecule has 1 N–H and O–H groups in total. The summed E-state index contributed by atoms with van der Waals surface area (Å²) in [4.78, 5) is 36.9. The van der Waals surface area contributed by atoms with Crippen LogP contribution in [0.3, 0.4) is 0 Å². The Morgan fingerprint density at radius 3 is 2.63 bits per heavy atom. The van der Waals surface area contributed by atoms with E-state index >= 15 is 0 Å². The van der Waals surface area contributed by atoms with Gasteiger partial charge in [0.25, 0.3) is 11.6 Å². The molecule has 1 heterocycles. The molecule has 1 fully saturated rings. The summed E-state index contributed by atoms with van der Waals surface area (Å²) >= 11 is 6.15. The van der Waals surface area contributed by atoms with Crippen LogP contribution in [0, 0.1) is 10.1 Å². The average Bonchev–Trinajstić information content (AvgIpc) is 2.77. The molecule has 0 aliphatic carbocycles. The number of halogens is 1. The Morgan fingerprint density at radius 2 is 1.93 bits per heavy atom. The van der Waals surface area contributed by atoms with Gasteiger partial charge in [0.2, 0.25) is 0 Å². The van der Waals surface area contributed by atoms with Crippen molar-refractivity contribution in [3.8, 4) is 0 Å². The van der Waals surface area contributed by atoms with Gasteiger partial charge in [0, 0.05) is 42.5 Å². The number of nitrogens with zero attached hydrogens (tertiary/aromatic N) is 2. The standard InChI is InChI=1S/C20H20ClN3O6/c21-17-4-2-1-3-14(17)12-22-18-6-5-15(24(27)28)11-16(18)20(26)30-13-19(25)23-7-9-29-10-8-23/h1-6,11,22H,7-10,12-13H2. The number of morpholine rings is 1. The van der Waals surface area contributed by atoms with E-state index in [1.165, 1.54) is 12.1 Å². The van der Waals surface area contributed by atoms with E-state index in [0.717, 1.165) is 11.6 Å². The summed E-state index contributed by atoms with van der Waals surface area (Å²) in [6, 6.07) is 11.0. The average molecular weight is 434 g/mol. The fraction of sp³-hybridized carbons (Fsp3) is 0.300. The number of anilines is 1. The van der Waals surface area contributed by atoms with Crippen LogP contribution in [0.25, 0.3) is 0 Å². The van der Waals surface area contributed by atoms with Crippen LogP contribution in [0.1, 0.15) is 15.9 Å². The molecule has 10 heteroatoms. The van der Waals surface area contributed by atoms with Gasteiger partial charge in [0.15, 0.2) is 6.61 Å². The molecule has 1 saturated heterocycles. The summed E-state index contributed by atoms with van der Waals surface area (Å²) in [5.41, 5.74) is 0.833. The maximum absolute atomic E-state index is 12.6. The zero-order chi connectivity index (χ0) is 21.5. The molecule has 0 spiro atoms. The van der Waals surface area contributed by atoms with Gasteiger partial charge >= 0.3 is 5.97 Å². The molecule has 2 aromatic rings. The van der Waals surface area contributed by atoms with E-state index < -0.39 is 17.5 Å². The topological polar surface area (TPSA) is 111 Å². The van der Waals surface area contributed by atoms with E-state index in [-0.39, 0.29) is 17.2 Å². The summed E-state index contributed by atoms with van der Waals surface area (Å²) in [5.74, 6) is -1.18. The molecule has 30 heavy (non-hydrogen) atoms. The minimum Gasteiger partial charge on any atom is -0.452 e. The molecule has 0 bridgehead atoms. The first-order valence-electron chi connectivity index (χ1n) is 9.24. The van der Waals surface area contributed by atoms with Gasteiger partial charge in [-0.2, -0.15) is 0 Å². The highest BCUT2D eigenvalue weighted by Crippen LogP contribution is 2.25. The lowest BCUT2D eigenvalue weighted by Crippen LogP contribution is -2.42. The Kier molecular flexibility index (Phi) is 7.21. The predicted molar refractivity (Wildman–Crippen MR) is 110 cm³/mol. The Bertz CT molecular complexity index is 946. The molecule has 0 aromatic heterocycles. The molecule has 158 valence electrons. The monoisotopic (exact) mass is 433 g/mol. The number of nitro groups is 1. The predicted octanol–water partition coefficient (Wildman–Crippen LogP) is 2.88. The van der Waals surface area contributed by atoms with E-state index in [0.29, 0.717) is 43.6 Å². The summed E-state index contributed by atoms with van der Waals surface area (Å²) in [5, 5.41) is 14.7. The summed E-state index contributed by atoms with van der Waals surface area (Å²) in [6.07, 6.45) is 0. The molecule has 0 saturated carbocycles. The molecule has 1 amide bonds. The van der Waals surface area contributed by atoms with Gasteiger partial charge in [-0.15, -0.1) is 0 Å². The van der Waals surface area contributed by atoms with Crippen molar-refractivity contribution < 1.29 is 24.0 Å². The lowest BCUT2D eigenvalue weighted by Gasteiger charge is -2.26. The van der Waals surface area contributed by atoms with Crippen LogP contribution in [-0.2, 0) is 20.8 Å². The summed E-state index contributed by atoms with van der Waals surface area (Å²) in [7, 11) is 0. The van der Waals surface area contributed by atoms with Gasteiger partial charge in [-0.05, 0) is 17.7 Å². The number of nitro benzene ring substituents is 1.